The van der Waals surface area contributed by atoms with Gasteiger partial charge < -0.3 is 10.6 Å². The second kappa shape index (κ2) is 11.8. The van der Waals surface area contributed by atoms with E-state index in [-0.39, 0.29) is 11.4 Å². The fourth-order valence-electron chi connectivity index (χ4n) is 3.68. The molecule has 2 N–H and O–H groups in total. The van der Waals surface area contributed by atoms with Crippen LogP contribution in [0.25, 0.3) is 11.1 Å². The molecule has 0 aliphatic heterocycles. The van der Waals surface area contributed by atoms with Crippen molar-refractivity contribution in [1.82, 2.24) is 19.9 Å². The van der Waals surface area contributed by atoms with E-state index in [4.69, 9.17) is 23.2 Å². The molecule has 2 heterocycles. The summed E-state index contributed by atoms with van der Waals surface area (Å²) >= 11 is 12.4. The van der Waals surface area contributed by atoms with Crippen molar-refractivity contribution in [1.29, 1.82) is 0 Å². The van der Waals surface area contributed by atoms with Gasteiger partial charge >= 0.3 is 0 Å². The Balaban J connectivity index is 1.35. The Morgan fingerprint density at radius 1 is 0.912 bits per heavy atom. The van der Waals surface area contributed by atoms with Crippen molar-refractivity contribution >= 4 is 29.0 Å². The standard InChI is InChI=1S/C26H25Cl2N5O/c27-21-8-5-7-19(16-21)23-10-2-1-6-20(23)17-29-14-15-33-24(28)18-32-25(26(33)34)31-13-11-22-9-3-4-12-30-22/h1-10,12,16,18,29H,11,13-15,17H2,(H,31,32). The van der Waals surface area contributed by atoms with Gasteiger partial charge in [0.2, 0.25) is 0 Å². The molecule has 174 valence electrons. The van der Waals surface area contributed by atoms with E-state index in [1.165, 1.54) is 10.8 Å². The molecule has 2 aromatic carbocycles. The number of nitrogens with one attached hydrogen (secondary N) is 2. The molecule has 0 amide bonds. The van der Waals surface area contributed by atoms with Gasteiger partial charge in [-0.25, -0.2) is 4.98 Å². The quantitative estimate of drug-likeness (QED) is 0.302. The van der Waals surface area contributed by atoms with Gasteiger partial charge in [0.05, 0.1) is 6.20 Å². The highest BCUT2D eigenvalue weighted by Gasteiger charge is 2.10. The van der Waals surface area contributed by atoms with Crippen molar-refractivity contribution in [2.75, 3.05) is 18.4 Å². The third kappa shape index (κ3) is 6.23. The molecule has 0 aliphatic rings. The number of anilines is 1. The summed E-state index contributed by atoms with van der Waals surface area (Å²) in [5, 5.41) is 7.53. The minimum absolute atomic E-state index is 0.241. The molecule has 0 bridgehead atoms. The van der Waals surface area contributed by atoms with Crippen molar-refractivity contribution < 1.29 is 0 Å². The van der Waals surface area contributed by atoms with Gasteiger partial charge in [0.15, 0.2) is 5.82 Å². The molecule has 4 rings (SSSR count). The normalized spacial score (nSPS) is 10.9. The fourth-order valence-corrected chi connectivity index (χ4v) is 4.08. The number of pyridine rings is 1. The van der Waals surface area contributed by atoms with Gasteiger partial charge in [0, 0.05) is 49.5 Å². The lowest BCUT2D eigenvalue weighted by molar-refractivity contribution is 0.584. The Bertz CT molecular complexity index is 1290. The number of hydrogen-bond acceptors (Lipinski definition) is 5. The van der Waals surface area contributed by atoms with Crippen LogP contribution in [0.3, 0.4) is 0 Å². The van der Waals surface area contributed by atoms with E-state index >= 15 is 0 Å². The van der Waals surface area contributed by atoms with E-state index in [1.54, 1.807) is 6.20 Å². The lowest BCUT2D eigenvalue weighted by atomic mass is 10.00. The molecule has 0 unspecified atom stereocenters. The van der Waals surface area contributed by atoms with Crippen LogP contribution in [0.15, 0.2) is 83.9 Å². The largest absolute Gasteiger partial charge is 0.365 e. The van der Waals surface area contributed by atoms with Gasteiger partial charge in [-0.15, -0.1) is 0 Å². The monoisotopic (exact) mass is 493 g/mol. The topological polar surface area (TPSA) is 71.8 Å². The van der Waals surface area contributed by atoms with Gasteiger partial charge in [0.1, 0.15) is 5.15 Å². The highest BCUT2D eigenvalue weighted by molar-refractivity contribution is 6.30. The molecule has 6 nitrogen and oxygen atoms in total. The van der Waals surface area contributed by atoms with Crippen molar-refractivity contribution in [2.24, 2.45) is 0 Å². The Morgan fingerprint density at radius 3 is 2.59 bits per heavy atom. The predicted molar refractivity (Wildman–Crippen MR) is 139 cm³/mol. The summed E-state index contributed by atoms with van der Waals surface area (Å²) in [6.45, 7) is 2.20. The van der Waals surface area contributed by atoms with Crippen LogP contribution in [0.5, 0.6) is 0 Å². The van der Waals surface area contributed by atoms with E-state index in [2.05, 4.69) is 32.7 Å². The molecule has 4 aromatic rings. The number of benzene rings is 2. The highest BCUT2D eigenvalue weighted by atomic mass is 35.5. The van der Waals surface area contributed by atoms with Gasteiger partial charge in [-0.05, 0) is 41.0 Å². The minimum Gasteiger partial charge on any atom is -0.365 e. The fraction of sp³-hybridized carbons (Fsp3) is 0.192. The summed E-state index contributed by atoms with van der Waals surface area (Å²) in [6.07, 6.45) is 3.95. The Labute approximate surface area is 208 Å². The summed E-state index contributed by atoms with van der Waals surface area (Å²) < 4.78 is 1.52. The van der Waals surface area contributed by atoms with Crippen molar-refractivity contribution in [3.05, 3.63) is 111 Å². The van der Waals surface area contributed by atoms with E-state index < -0.39 is 0 Å². The summed E-state index contributed by atoms with van der Waals surface area (Å²) in [5.41, 5.74) is 4.05. The van der Waals surface area contributed by atoms with Crippen LogP contribution in [0.1, 0.15) is 11.3 Å². The molecule has 2 aromatic heterocycles. The molecule has 0 fully saturated rings. The lowest BCUT2D eigenvalue weighted by Gasteiger charge is -2.13. The molecule has 0 aliphatic carbocycles. The number of nitrogens with zero attached hydrogens (tertiary/aromatic N) is 3. The zero-order valence-electron chi connectivity index (χ0n) is 18.5. The Hall–Kier alpha value is -3.19. The van der Waals surface area contributed by atoms with Crippen molar-refractivity contribution in [3.63, 3.8) is 0 Å². The minimum atomic E-state index is -0.241. The lowest BCUT2D eigenvalue weighted by Crippen LogP contribution is -2.30. The second-order valence-electron chi connectivity index (χ2n) is 7.73. The zero-order chi connectivity index (χ0) is 23.8. The van der Waals surface area contributed by atoms with E-state index in [0.29, 0.717) is 42.8 Å². The second-order valence-corrected chi connectivity index (χ2v) is 8.55. The molecular formula is C26H25Cl2N5O. The molecule has 0 radical (unpaired) electrons. The summed E-state index contributed by atoms with van der Waals surface area (Å²) in [5.74, 6) is 0.284. The first-order chi connectivity index (χ1) is 16.6. The molecule has 0 atom stereocenters. The van der Waals surface area contributed by atoms with E-state index in [0.717, 1.165) is 22.4 Å². The van der Waals surface area contributed by atoms with Crippen LogP contribution in [0.2, 0.25) is 10.2 Å². The van der Waals surface area contributed by atoms with Crippen LogP contribution in [0, 0.1) is 0 Å². The molecule has 8 heteroatoms. The first-order valence-corrected chi connectivity index (χ1v) is 11.8. The van der Waals surface area contributed by atoms with Crippen LogP contribution in [0.4, 0.5) is 5.82 Å². The Kier molecular flexibility index (Phi) is 8.31. The number of aromatic nitrogens is 3. The highest BCUT2D eigenvalue weighted by Crippen LogP contribution is 2.26. The average Bonchev–Trinajstić information content (AvgIpc) is 2.86. The predicted octanol–water partition coefficient (Wildman–Crippen LogP) is 5.06. The molecular weight excluding hydrogens is 469 g/mol. The van der Waals surface area contributed by atoms with Crippen LogP contribution >= 0.6 is 23.2 Å². The molecule has 0 saturated heterocycles. The molecule has 34 heavy (non-hydrogen) atoms. The summed E-state index contributed by atoms with van der Waals surface area (Å²) in [6, 6.07) is 21.8. The maximum atomic E-state index is 12.9. The summed E-state index contributed by atoms with van der Waals surface area (Å²) in [4.78, 5) is 21.3. The van der Waals surface area contributed by atoms with Crippen LogP contribution in [-0.2, 0) is 19.5 Å². The zero-order valence-corrected chi connectivity index (χ0v) is 20.1. The first kappa shape index (κ1) is 24.0. The van der Waals surface area contributed by atoms with Crippen molar-refractivity contribution in [2.45, 2.75) is 19.5 Å². The number of halogens is 2. The Morgan fingerprint density at radius 2 is 1.76 bits per heavy atom. The molecule has 0 saturated carbocycles. The SMILES string of the molecule is O=c1c(NCCc2ccccn2)ncc(Cl)n1CCNCc1ccccc1-c1cccc(Cl)c1. The van der Waals surface area contributed by atoms with Gasteiger partial charge in [-0.1, -0.05) is 65.7 Å². The molecule has 0 spiro atoms. The van der Waals surface area contributed by atoms with E-state index in [1.807, 2.05) is 54.6 Å². The van der Waals surface area contributed by atoms with Crippen molar-refractivity contribution in [3.8, 4) is 11.1 Å². The van der Waals surface area contributed by atoms with Gasteiger partial charge in [-0.2, -0.15) is 0 Å². The van der Waals surface area contributed by atoms with E-state index in [9.17, 15) is 4.79 Å². The third-order valence-corrected chi connectivity index (χ3v) is 5.92. The maximum absolute atomic E-state index is 12.9. The third-order valence-electron chi connectivity index (χ3n) is 5.39. The average molecular weight is 494 g/mol. The van der Waals surface area contributed by atoms with Crippen LogP contribution < -0.4 is 16.2 Å². The van der Waals surface area contributed by atoms with Gasteiger partial charge in [-0.3, -0.25) is 14.3 Å². The maximum Gasteiger partial charge on any atom is 0.294 e. The summed E-state index contributed by atoms with van der Waals surface area (Å²) in [7, 11) is 0. The van der Waals surface area contributed by atoms with Gasteiger partial charge in [0.25, 0.3) is 5.56 Å². The number of rotatable bonds is 10. The van der Waals surface area contributed by atoms with Crippen LogP contribution in [-0.4, -0.2) is 27.6 Å². The number of hydrogen-bond donors (Lipinski definition) is 2. The smallest absolute Gasteiger partial charge is 0.294 e. The first-order valence-electron chi connectivity index (χ1n) is 11.1.